The maximum Gasteiger partial charge on any atom is 0.326 e. The summed E-state index contributed by atoms with van der Waals surface area (Å²) in [5.74, 6) is -0.484. The molecule has 0 radical (unpaired) electrons. The van der Waals surface area contributed by atoms with Crippen LogP contribution in [-0.2, 0) is 4.79 Å². The van der Waals surface area contributed by atoms with E-state index < -0.39 is 11.9 Å². The van der Waals surface area contributed by atoms with Crippen molar-refractivity contribution < 1.29 is 9.59 Å². The number of hydrogen-bond acceptors (Lipinski definition) is 3. The molecular formula is C4H5N3O2. The molecule has 0 saturated carbocycles. The molecule has 0 aromatic rings. The van der Waals surface area contributed by atoms with Gasteiger partial charge < -0.3 is 11.1 Å². The number of imide groups is 1. The zero-order valence-corrected chi connectivity index (χ0v) is 4.47. The van der Waals surface area contributed by atoms with E-state index in [-0.39, 0.29) is 5.70 Å². The maximum atomic E-state index is 10.5. The van der Waals surface area contributed by atoms with E-state index in [0.29, 0.717) is 0 Å². The fourth-order valence-corrected chi connectivity index (χ4v) is 0.498. The van der Waals surface area contributed by atoms with Crippen LogP contribution in [0.2, 0.25) is 0 Å². The zero-order chi connectivity index (χ0) is 6.85. The first-order valence-electron chi connectivity index (χ1n) is 2.28. The summed E-state index contributed by atoms with van der Waals surface area (Å²) in [4.78, 5) is 20.8. The van der Waals surface area contributed by atoms with Gasteiger partial charge in [0.05, 0.1) is 0 Å². The average Bonchev–Trinajstić information content (AvgIpc) is 2.10. The minimum atomic E-state index is -0.531. The van der Waals surface area contributed by atoms with Gasteiger partial charge in [0.2, 0.25) is 0 Å². The molecule has 5 heteroatoms. The van der Waals surface area contributed by atoms with E-state index in [0.717, 1.165) is 6.20 Å². The van der Waals surface area contributed by atoms with Gasteiger partial charge in [-0.05, 0) is 0 Å². The van der Waals surface area contributed by atoms with E-state index >= 15 is 0 Å². The molecule has 3 amide bonds. The third kappa shape index (κ3) is 0.835. The molecule has 1 rings (SSSR count). The first-order chi connectivity index (χ1) is 4.24. The van der Waals surface area contributed by atoms with Crippen molar-refractivity contribution in [1.29, 1.82) is 0 Å². The molecular weight excluding hydrogens is 122 g/mol. The minimum Gasteiger partial charge on any atom is -0.403 e. The van der Waals surface area contributed by atoms with Crippen LogP contribution in [0.4, 0.5) is 4.79 Å². The average molecular weight is 127 g/mol. The second-order valence-electron chi connectivity index (χ2n) is 1.49. The molecule has 0 unspecified atom stereocenters. The molecule has 0 spiro atoms. The highest BCUT2D eigenvalue weighted by Crippen LogP contribution is 1.92. The number of hydrogen-bond donors (Lipinski definition) is 3. The lowest BCUT2D eigenvalue weighted by atomic mass is 10.5. The second kappa shape index (κ2) is 1.77. The predicted molar refractivity (Wildman–Crippen MR) is 28.9 cm³/mol. The molecule has 0 bridgehead atoms. The standard InChI is InChI=1S/C4H5N3O2/c5-1-2-3(8)7-4(9)6-2/h1H,5H2,(H2,6,7,8,9)/b2-1-. The van der Waals surface area contributed by atoms with Crippen LogP contribution in [-0.4, -0.2) is 11.9 Å². The Bertz CT molecular complexity index is 196. The van der Waals surface area contributed by atoms with Gasteiger partial charge in [0.25, 0.3) is 5.91 Å². The fraction of sp³-hybridized carbons (Fsp3) is 0. The second-order valence-corrected chi connectivity index (χ2v) is 1.49. The Balaban J connectivity index is 2.81. The molecule has 0 aromatic carbocycles. The third-order valence-corrected chi connectivity index (χ3v) is 0.887. The van der Waals surface area contributed by atoms with Crippen molar-refractivity contribution in [3.05, 3.63) is 11.9 Å². The van der Waals surface area contributed by atoms with Crippen LogP contribution in [0.15, 0.2) is 11.9 Å². The molecule has 0 aliphatic carbocycles. The van der Waals surface area contributed by atoms with Crippen molar-refractivity contribution in [2.45, 2.75) is 0 Å². The van der Waals surface area contributed by atoms with Crippen molar-refractivity contribution in [1.82, 2.24) is 10.6 Å². The third-order valence-electron chi connectivity index (χ3n) is 0.887. The van der Waals surface area contributed by atoms with Crippen LogP contribution in [0.1, 0.15) is 0 Å². The van der Waals surface area contributed by atoms with E-state index in [2.05, 4.69) is 5.32 Å². The molecule has 1 aliphatic heterocycles. The molecule has 1 heterocycles. The van der Waals surface area contributed by atoms with Gasteiger partial charge in [0, 0.05) is 6.20 Å². The molecule has 1 aliphatic rings. The highest BCUT2D eigenvalue weighted by molar-refractivity contribution is 6.11. The zero-order valence-electron chi connectivity index (χ0n) is 4.47. The smallest absolute Gasteiger partial charge is 0.326 e. The first-order valence-corrected chi connectivity index (χ1v) is 2.28. The van der Waals surface area contributed by atoms with Gasteiger partial charge in [-0.2, -0.15) is 0 Å². The van der Waals surface area contributed by atoms with Crippen LogP contribution in [0, 0.1) is 0 Å². The van der Waals surface area contributed by atoms with E-state index in [4.69, 9.17) is 5.73 Å². The van der Waals surface area contributed by atoms with Crippen molar-refractivity contribution in [3.63, 3.8) is 0 Å². The summed E-state index contributed by atoms with van der Waals surface area (Å²) in [6.07, 6.45) is 1.04. The maximum absolute atomic E-state index is 10.5. The Morgan fingerprint density at radius 3 is 2.22 bits per heavy atom. The Morgan fingerprint density at radius 2 is 2.00 bits per heavy atom. The number of rotatable bonds is 0. The molecule has 0 atom stereocenters. The molecule has 0 aromatic heterocycles. The van der Waals surface area contributed by atoms with Gasteiger partial charge in [-0.1, -0.05) is 0 Å². The lowest BCUT2D eigenvalue weighted by Gasteiger charge is -1.85. The lowest BCUT2D eigenvalue weighted by molar-refractivity contribution is -0.115. The largest absolute Gasteiger partial charge is 0.403 e. The topological polar surface area (TPSA) is 84.2 Å². The Hall–Kier alpha value is -1.52. The van der Waals surface area contributed by atoms with Crippen molar-refractivity contribution in [3.8, 4) is 0 Å². The van der Waals surface area contributed by atoms with Crippen molar-refractivity contribution in [2.75, 3.05) is 0 Å². The van der Waals surface area contributed by atoms with Gasteiger partial charge in [-0.25, -0.2) is 4.79 Å². The summed E-state index contributed by atoms with van der Waals surface area (Å²) in [5, 5.41) is 4.17. The van der Waals surface area contributed by atoms with Crippen LogP contribution in [0.3, 0.4) is 0 Å². The highest BCUT2D eigenvalue weighted by atomic mass is 16.2. The summed E-state index contributed by atoms with van der Waals surface area (Å²) in [6.45, 7) is 0. The molecule has 1 fully saturated rings. The van der Waals surface area contributed by atoms with Gasteiger partial charge in [0.1, 0.15) is 5.70 Å². The highest BCUT2D eigenvalue weighted by Gasteiger charge is 2.21. The van der Waals surface area contributed by atoms with Crippen molar-refractivity contribution in [2.24, 2.45) is 5.73 Å². The number of urea groups is 1. The Morgan fingerprint density at radius 1 is 1.33 bits per heavy atom. The summed E-state index contributed by atoms with van der Waals surface area (Å²) < 4.78 is 0. The van der Waals surface area contributed by atoms with Crippen LogP contribution in [0.5, 0.6) is 0 Å². The van der Waals surface area contributed by atoms with Crippen LogP contribution >= 0.6 is 0 Å². The van der Waals surface area contributed by atoms with Crippen LogP contribution in [0.25, 0.3) is 0 Å². The first kappa shape index (κ1) is 5.61. The normalized spacial score (nSPS) is 22.0. The Labute approximate surface area is 50.9 Å². The number of nitrogens with two attached hydrogens (primary N) is 1. The molecule has 9 heavy (non-hydrogen) atoms. The monoisotopic (exact) mass is 127 g/mol. The van der Waals surface area contributed by atoms with Crippen molar-refractivity contribution >= 4 is 11.9 Å². The number of amides is 3. The molecule has 5 nitrogen and oxygen atoms in total. The van der Waals surface area contributed by atoms with Gasteiger partial charge >= 0.3 is 6.03 Å². The summed E-state index contributed by atoms with van der Waals surface area (Å²) in [6, 6.07) is -0.531. The van der Waals surface area contributed by atoms with E-state index in [9.17, 15) is 9.59 Å². The SMILES string of the molecule is N/C=C1\NC(=O)NC1=O. The fourth-order valence-electron chi connectivity index (χ4n) is 0.498. The molecule has 4 N–H and O–H groups in total. The van der Waals surface area contributed by atoms with E-state index in [1.54, 1.807) is 0 Å². The molecule has 1 saturated heterocycles. The van der Waals surface area contributed by atoms with Gasteiger partial charge in [-0.15, -0.1) is 0 Å². The minimum absolute atomic E-state index is 0.0972. The van der Waals surface area contributed by atoms with Gasteiger partial charge in [0.15, 0.2) is 0 Å². The predicted octanol–water partition coefficient (Wildman–Crippen LogP) is -1.37. The number of nitrogens with one attached hydrogen (secondary N) is 2. The summed E-state index contributed by atoms with van der Waals surface area (Å²) in [7, 11) is 0. The number of carbonyl (C=O) groups is 2. The molecule has 48 valence electrons. The number of carbonyl (C=O) groups excluding carboxylic acids is 2. The quantitative estimate of drug-likeness (QED) is 0.277. The summed E-state index contributed by atoms with van der Waals surface area (Å²) >= 11 is 0. The van der Waals surface area contributed by atoms with E-state index in [1.165, 1.54) is 0 Å². The van der Waals surface area contributed by atoms with E-state index in [1.807, 2.05) is 5.32 Å². The van der Waals surface area contributed by atoms with Crippen LogP contribution < -0.4 is 16.4 Å². The summed E-state index contributed by atoms with van der Waals surface area (Å²) in [5.41, 5.74) is 5.05. The Kier molecular flexibility index (Phi) is 1.11. The van der Waals surface area contributed by atoms with Gasteiger partial charge in [-0.3, -0.25) is 10.1 Å². The lowest BCUT2D eigenvalue weighted by Crippen LogP contribution is -2.22.